The molecule has 3 aromatic carbocycles. The van der Waals surface area contributed by atoms with Gasteiger partial charge in [0.2, 0.25) is 0 Å². The first-order chi connectivity index (χ1) is 22.7. The Labute approximate surface area is 263 Å². The summed E-state index contributed by atoms with van der Waals surface area (Å²) in [6.45, 7) is 1.44. The van der Waals surface area contributed by atoms with E-state index < -0.39 is 126 Å². The number of rotatable bonds is 3. The standard InChI is InChI=1S/C31H6F14N4/c1-9-2-3-11(10(4-9)5-46)12(6-47)15-16(13(7-48)18-22(32)26(36)20(30(40,41)42)27(37)23(18)33)17(15)14(8-49)19-24(34)28(38)21(31(43,44)45)29(39)25(19)35/h2-4H,1H3. The van der Waals surface area contributed by atoms with E-state index >= 15 is 17.6 Å². The molecular formula is C31H6F14N4. The number of hydrogen-bond donors (Lipinski definition) is 0. The first-order valence-electron chi connectivity index (χ1n) is 12.5. The van der Waals surface area contributed by atoms with Crippen LogP contribution >= 0.6 is 0 Å². The molecule has 0 aliphatic heterocycles. The Balaban J connectivity index is 2.32. The minimum Gasteiger partial charge on any atom is -0.203 e. The number of halogens is 14. The highest BCUT2D eigenvalue weighted by Crippen LogP contribution is 2.57. The smallest absolute Gasteiger partial charge is 0.203 e. The van der Waals surface area contributed by atoms with Crippen LogP contribution in [0, 0.1) is 98.8 Å². The zero-order valence-electron chi connectivity index (χ0n) is 23.3. The largest absolute Gasteiger partial charge is 0.422 e. The first kappa shape index (κ1) is 35.7. The Hall–Kier alpha value is -6.14. The van der Waals surface area contributed by atoms with Crippen LogP contribution in [0.4, 0.5) is 61.5 Å². The van der Waals surface area contributed by atoms with Gasteiger partial charge < -0.3 is 0 Å². The van der Waals surface area contributed by atoms with E-state index in [-0.39, 0.29) is 0 Å². The Bertz CT molecular complexity index is 2100. The summed E-state index contributed by atoms with van der Waals surface area (Å²) in [5.41, 5.74) is -19.2. The molecule has 0 saturated heterocycles. The van der Waals surface area contributed by atoms with Crippen molar-refractivity contribution in [1.82, 2.24) is 0 Å². The normalized spacial score (nSPS) is 14.8. The van der Waals surface area contributed by atoms with Crippen LogP contribution in [0.2, 0.25) is 0 Å². The van der Waals surface area contributed by atoms with Gasteiger partial charge in [0, 0.05) is 22.3 Å². The van der Waals surface area contributed by atoms with E-state index in [1.807, 2.05) is 0 Å². The van der Waals surface area contributed by atoms with Gasteiger partial charge in [0.25, 0.3) is 0 Å². The van der Waals surface area contributed by atoms with E-state index in [2.05, 4.69) is 0 Å². The van der Waals surface area contributed by atoms with Crippen molar-refractivity contribution in [2.45, 2.75) is 19.3 Å². The fourth-order valence-electron chi connectivity index (χ4n) is 4.83. The van der Waals surface area contributed by atoms with Crippen LogP contribution < -0.4 is 0 Å². The lowest BCUT2D eigenvalue weighted by atomic mass is 9.97. The number of aryl methyl sites for hydroxylation is 1. The molecule has 0 atom stereocenters. The predicted molar refractivity (Wildman–Crippen MR) is 136 cm³/mol. The molecule has 0 unspecified atom stereocenters. The molecule has 0 amide bonds. The highest BCUT2D eigenvalue weighted by atomic mass is 19.4. The van der Waals surface area contributed by atoms with Gasteiger partial charge in [-0.05, 0) is 18.6 Å². The average molecular weight is 700 g/mol. The summed E-state index contributed by atoms with van der Waals surface area (Å²) in [5.74, 6) is -23.9. The van der Waals surface area contributed by atoms with Crippen LogP contribution in [-0.4, -0.2) is 0 Å². The maximum Gasteiger partial charge on any atom is 0.422 e. The molecule has 1 aliphatic rings. The minimum absolute atomic E-state index is 0.361. The molecular weight excluding hydrogens is 694 g/mol. The first-order valence-corrected chi connectivity index (χ1v) is 12.5. The third kappa shape index (κ3) is 5.61. The van der Waals surface area contributed by atoms with Crippen molar-refractivity contribution in [3.8, 4) is 24.3 Å². The summed E-state index contributed by atoms with van der Waals surface area (Å²) < 4.78 is 198. The van der Waals surface area contributed by atoms with E-state index in [4.69, 9.17) is 0 Å². The van der Waals surface area contributed by atoms with Crippen LogP contribution in [0.5, 0.6) is 0 Å². The number of allylic oxidation sites excluding steroid dienone is 6. The van der Waals surface area contributed by atoms with Crippen molar-refractivity contribution >= 4 is 16.7 Å². The van der Waals surface area contributed by atoms with Crippen LogP contribution in [0.15, 0.2) is 34.9 Å². The van der Waals surface area contributed by atoms with Gasteiger partial charge >= 0.3 is 12.4 Å². The van der Waals surface area contributed by atoms with Gasteiger partial charge in [-0.25, -0.2) is 35.1 Å². The molecule has 0 spiro atoms. The van der Waals surface area contributed by atoms with Gasteiger partial charge in [-0.1, -0.05) is 12.1 Å². The number of nitriles is 4. The van der Waals surface area contributed by atoms with Gasteiger partial charge in [0.15, 0.2) is 46.5 Å². The van der Waals surface area contributed by atoms with E-state index in [1.165, 1.54) is 19.1 Å². The van der Waals surface area contributed by atoms with Crippen LogP contribution in [0.3, 0.4) is 0 Å². The monoisotopic (exact) mass is 700 g/mol. The molecule has 4 nitrogen and oxygen atoms in total. The molecule has 0 bridgehead atoms. The molecule has 3 aromatic rings. The average Bonchev–Trinajstić information content (AvgIpc) is 3.72. The van der Waals surface area contributed by atoms with Crippen molar-refractivity contribution < 1.29 is 61.5 Å². The lowest BCUT2D eigenvalue weighted by Gasteiger charge is -2.14. The van der Waals surface area contributed by atoms with Crippen molar-refractivity contribution in [3.63, 3.8) is 0 Å². The fourth-order valence-corrected chi connectivity index (χ4v) is 4.83. The molecule has 0 N–H and O–H groups in total. The Morgan fingerprint density at radius 2 is 0.837 bits per heavy atom. The maximum absolute atomic E-state index is 15.1. The Morgan fingerprint density at radius 1 is 0.510 bits per heavy atom. The van der Waals surface area contributed by atoms with Gasteiger partial charge in [-0.15, -0.1) is 0 Å². The lowest BCUT2D eigenvalue weighted by Crippen LogP contribution is -2.17. The summed E-state index contributed by atoms with van der Waals surface area (Å²) in [5, 5.41) is 39.2. The third-order valence-corrected chi connectivity index (χ3v) is 6.93. The number of hydrogen-bond acceptors (Lipinski definition) is 4. The van der Waals surface area contributed by atoms with Crippen molar-refractivity contribution in [2.75, 3.05) is 0 Å². The SMILES string of the molecule is Cc1ccc(C(C#N)=C2C(=C(C#N)c3c(F)c(F)c(C(F)(F)F)c(F)c3F)C2=C(C#N)c2c(F)c(F)c(C(F)(F)F)c(F)c2F)c(C#N)c1. The summed E-state index contributed by atoms with van der Waals surface area (Å²) >= 11 is 0. The quantitative estimate of drug-likeness (QED) is 0.155. The molecule has 0 heterocycles. The summed E-state index contributed by atoms with van der Waals surface area (Å²) in [6, 6.07) is 8.35. The van der Waals surface area contributed by atoms with E-state index in [0.717, 1.165) is 24.3 Å². The second-order valence-corrected chi connectivity index (χ2v) is 9.75. The predicted octanol–water partition coefficient (Wildman–Crippen LogP) is 9.26. The number of nitrogens with zero attached hydrogens (tertiary/aromatic N) is 4. The van der Waals surface area contributed by atoms with Crippen LogP contribution in [0.25, 0.3) is 16.7 Å². The number of alkyl halides is 6. The van der Waals surface area contributed by atoms with Gasteiger partial charge in [0.1, 0.15) is 29.3 Å². The Kier molecular flexibility index (Phi) is 8.85. The molecule has 0 radical (unpaired) electrons. The molecule has 248 valence electrons. The van der Waals surface area contributed by atoms with Gasteiger partial charge in [0.05, 0.1) is 39.5 Å². The van der Waals surface area contributed by atoms with E-state index in [9.17, 15) is 65.0 Å². The van der Waals surface area contributed by atoms with Crippen molar-refractivity contribution in [2.24, 2.45) is 0 Å². The molecule has 1 fully saturated rings. The third-order valence-electron chi connectivity index (χ3n) is 6.93. The fraction of sp³-hybridized carbons (Fsp3) is 0.0968. The summed E-state index contributed by atoms with van der Waals surface area (Å²) in [4.78, 5) is 0. The van der Waals surface area contributed by atoms with Crippen molar-refractivity contribution in [1.29, 1.82) is 21.0 Å². The van der Waals surface area contributed by atoms with E-state index in [1.54, 1.807) is 6.07 Å². The van der Waals surface area contributed by atoms with E-state index in [0.29, 0.717) is 5.56 Å². The van der Waals surface area contributed by atoms with Gasteiger partial charge in [-0.2, -0.15) is 47.4 Å². The minimum atomic E-state index is -6.06. The zero-order valence-corrected chi connectivity index (χ0v) is 23.3. The molecule has 4 rings (SSSR count). The highest BCUT2D eigenvalue weighted by molar-refractivity contribution is 6.12. The topological polar surface area (TPSA) is 95.2 Å². The zero-order chi connectivity index (χ0) is 37.1. The Morgan fingerprint density at radius 3 is 1.12 bits per heavy atom. The summed E-state index contributed by atoms with van der Waals surface area (Å²) in [6.07, 6.45) is -12.1. The lowest BCUT2D eigenvalue weighted by molar-refractivity contribution is -0.144. The highest BCUT2D eigenvalue weighted by Gasteiger charge is 2.48. The number of benzene rings is 3. The van der Waals surface area contributed by atoms with Gasteiger partial charge in [-0.3, -0.25) is 0 Å². The summed E-state index contributed by atoms with van der Waals surface area (Å²) in [7, 11) is 0. The van der Waals surface area contributed by atoms with Crippen LogP contribution in [-0.2, 0) is 12.4 Å². The molecule has 0 aromatic heterocycles. The molecule has 18 heteroatoms. The van der Waals surface area contributed by atoms with Crippen LogP contribution in [0.1, 0.15) is 38.9 Å². The molecule has 49 heavy (non-hydrogen) atoms. The molecule has 1 saturated carbocycles. The van der Waals surface area contributed by atoms with Crippen molar-refractivity contribution in [3.05, 3.63) is 120 Å². The molecule has 1 aliphatic carbocycles. The second kappa shape index (κ2) is 12.1. The maximum atomic E-state index is 15.1. The second-order valence-electron chi connectivity index (χ2n) is 9.75.